The first-order chi connectivity index (χ1) is 9.65. The van der Waals surface area contributed by atoms with Crippen molar-refractivity contribution in [3.8, 4) is 0 Å². The highest BCUT2D eigenvalue weighted by molar-refractivity contribution is 5.12. The SMILES string of the molecule is C=CC1(C)CC[C@H]2C(C)(CCC3C(C)(C)CCC[C@]32C)O1. The fourth-order valence-corrected chi connectivity index (χ4v) is 6.52. The van der Waals surface area contributed by atoms with E-state index in [0.29, 0.717) is 10.8 Å². The second-order valence-electron chi connectivity index (χ2n) is 9.46. The number of hydrogen-bond donors (Lipinski definition) is 0. The number of hydrogen-bond acceptors (Lipinski definition) is 1. The van der Waals surface area contributed by atoms with Crippen LogP contribution in [-0.2, 0) is 4.74 Å². The van der Waals surface area contributed by atoms with Crippen LogP contribution in [-0.4, -0.2) is 11.2 Å². The van der Waals surface area contributed by atoms with E-state index in [0.717, 1.165) is 18.3 Å². The topological polar surface area (TPSA) is 9.23 Å². The highest BCUT2D eigenvalue weighted by Gasteiger charge is 2.61. The van der Waals surface area contributed by atoms with Crippen molar-refractivity contribution in [3.63, 3.8) is 0 Å². The van der Waals surface area contributed by atoms with Crippen LogP contribution in [0.2, 0.25) is 0 Å². The quantitative estimate of drug-likeness (QED) is 0.559. The Morgan fingerprint density at radius 2 is 1.57 bits per heavy atom. The third kappa shape index (κ3) is 2.22. The summed E-state index contributed by atoms with van der Waals surface area (Å²) in [6.45, 7) is 16.2. The fraction of sp³-hybridized carbons (Fsp3) is 0.900. The zero-order valence-corrected chi connectivity index (χ0v) is 14.8. The molecule has 0 bridgehead atoms. The van der Waals surface area contributed by atoms with E-state index in [1.807, 2.05) is 6.08 Å². The predicted octanol–water partition coefficient (Wildman–Crippen LogP) is 5.74. The lowest BCUT2D eigenvalue weighted by molar-refractivity contribution is -0.252. The fourth-order valence-electron chi connectivity index (χ4n) is 6.52. The van der Waals surface area contributed by atoms with Gasteiger partial charge in [-0.25, -0.2) is 0 Å². The molecule has 0 radical (unpaired) electrons. The van der Waals surface area contributed by atoms with Crippen LogP contribution in [0.15, 0.2) is 12.7 Å². The van der Waals surface area contributed by atoms with Gasteiger partial charge >= 0.3 is 0 Å². The standard InChI is InChI=1S/C20H34O/c1-7-18(4)13-9-16-19(5)12-8-11-17(2,3)15(19)10-14-20(16,6)21-18/h7,15-16H,1,8-14H2,2-6H3/t15?,16-,18?,19-,20?/m1/s1. The van der Waals surface area contributed by atoms with Gasteiger partial charge in [0.1, 0.15) is 0 Å². The first kappa shape index (κ1) is 15.6. The molecule has 21 heavy (non-hydrogen) atoms. The number of fused-ring (bicyclic) bond motifs is 3. The molecule has 1 saturated heterocycles. The molecule has 1 nitrogen and oxygen atoms in total. The highest BCUT2D eigenvalue weighted by Crippen LogP contribution is 2.65. The Labute approximate surface area is 131 Å². The number of ether oxygens (including phenoxy) is 1. The van der Waals surface area contributed by atoms with E-state index in [9.17, 15) is 0 Å². The summed E-state index contributed by atoms with van der Waals surface area (Å²) in [6.07, 6.45) is 11.2. The van der Waals surface area contributed by atoms with Gasteiger partial charge < -0.3 is 4.74 Å². The smallest absolute Gasteiger partial charge is 0.0839 e. The van der Waals surface area contributed by atoms with E-state index in [1.54, 1.807) is 0 Å². The van der Waals surface area contributed by atoms with E-state index in [1.165, 1.54) is 38.5 Å². The molecule has 0 aromatic heterocycles. The minimum atomic E-state index is -0.112. The Balaban J connectivity index is 1.94. The van der Waals surface area contributed by atoms with Gasteiger partial charge in [-0.2, -0.15) is 0 Å². The first-order valence-corrected chi connectivity index (χ1v) is 8.99. The van der Waals surface area contributed by atoms with Crippen LogP contribution in [0.25, 0.3) is 0 Å². The molecule has 0 aromatic rings. The number of rotatable bonds is 1. The third-order valence-corrected chi connectivity index (χ3v) is 7.57. The van der Waals surface area contributed by atoms with E-state index in [4.69, 9.17) is 4.74 Å². The first-order valence-electron chi connectivity index (χ1n) is 8.99. The Morgan fingerprint density at radius 3 is 2.24 bits per heavy atom. The van der Waals surface area contributed by atoms with Gasteiger partial charge in [-0.1, -0.05) is 33.3 Å². The van der Waals surface area contributed by atoms with Gasteiger partial charge in [-0.05, 0) is 75.0 Å². The molecule has 2 saturated carbocycles. The van der Waals surface area contributed by atoms with Gasteiger partial charge in [0.05, 0.1) is 11.2 Å². The summed E-state index contributed by atoms with van der Waals surface area (Å²) in [5.74, 6) is 1.59. The van der Waals surface area contributed by atoms with Crippen molar-refractivity contribution in [2.45, 2.75) is 90.8 Å². The molecule has 0 aromatic carbocycles. The summed E-state index contributed by atoms with van der Waals surface area (Å²) in [7, 11) is 0. The molecule has 3 unspecified atom stereocenters. The molecule has 3 fully saturated rings. The van der Waals surface area contributed by atoms with Crippen LogP contribution >= 0.6 is 0 Å². The summed E-state index contributed by atoms with van der Waals surface area (Å²) in [5.41, 5.74) is 0.920. The van der Waals surface area contributed by atoms with Crippen molar-refractivity contribution in [2.24, 2.45) is 22.7 Å². The molecule has 3 rings (SSSR count). The summed E-state index contributed by atoms with van der Waals surface area (Å²) in [6, 6.07) is 0. The lowest BCUT2D eigenvalue weighted by atomic mass is 9.44. The maximum Gasteiger partial charge on any atom is 0.0839 e. The summed E-state index contributed by atoms with van der Waals surface area (Å²) in [5, 5.41) is 0. The van der Waals surface area contributed by atoms with Crippen molar-refractivity contribution < 1.29 is 4.74 Å². The molecule has 2 aliphatic carbocycles. The van der Waals surface area contributed by atoms with Gasteiger partial charge in [-0.3, -0.25) is 0 Å². The Kier molecular flexibility index (Phi) is 3.41. The summed E-state index contributed by atoms with van der Waals surface area (Å²) in [4.78, 5) is 0. The van der Waals surface area contributed by atoms with Crippen molar-refractivity contribution in [1.82, 2.24) is 0 Å². The van der Waals surface area contributed by atoms with Gasteiger partial charge in [0.2, 0.25) is 0 Å². The maximum absolute atomic E-state index is 6.68. The molecule has 0 amide bonds. The van der Waals surface area contributed by atoms with Gasteiger partial charge in [0, 0.05) is 0 Å². The molecule has 1 aliphatic heterocycles. The minimum absolute atomic E-state index is 0.0554. The monoisotopic (exact) mass is 290 g/mol. The lowest BCUT2D eigenvalue weighted by Gasteiger charge is -2.65. The highest BCUT2D eigenvalue weighted by atomic mass is 16.5. The largest absolute Gasteiger partial charge is 0.365 e. The van der Waals surface area contributed by atoms with Crippen LogP contribution in [0, 0.1) is 22.7 Å². The van der Waals surface area contributed by atoms with E-state index < -0.39 is 0 Å². The van der Waals surface area contributed by atoms with Crippen molar-refractivity contribution in [1.29, 1.82) is 0 Å². The molecule has 0 spiro atoms. The van der Waals surface area contributed by atoms with Crippen molar-refractivity contribution >= 4 is 0 Å². The van der Waals surface area contributed by atoms with Crippen molar-refractivity contribution in [3.05, 3.63) is 12.7 Å². The van der Waals surface area contributed by atoms with E-state index in [2.05, 4.69) is 41.2 Å². The Morgan fingerprint density at radius 1 is 0.905 bits per heavy atom. The third-order valence-electron chi connectivity index (χ3n) is 7.57. The molecule has 1 heterocycles. The molecule has 120 valence electrons. The van der Waals surface area contributed by atoms with Crippen LogP contribution in [0.3, 0.4) is 0 Å². The Bertz CT molecular complexity index is 439. The van der Waals surface area contributed by atoms with E-state index >= 15 is 0 Å². The van der Waals surface area contributed by atoms with Crippen LogP contribution in [0.1, 0.15) is 79.6 Å². The van der Waals surface area contributed by atoms with E-state index in [-0.39, 0.29) is 11.2 Å². The average Bonchev–Trinajstić information content (AvgIpc) is 2.36. The van der Waals surface area contributed by atoms with Crippen LogP contribution in [0.4, 0.5) is 0 Å². The molecule has 5 atom stereocenters. The van der Waals surface area contributed by atoms with Gasteiger partial charge in [0.15, 0.2) is 0 Å². The predicted molar refractivity (Wildman–Crippen MR) is 89.3 cm³/mol. The van der Waals surface area contributed by atoms with Crippen LogP contribution in [0.5, 0.6) is 0 Å². The average molecular weight is 290 g/mol. The van der Waals surface area contributed by atoms with Crippen molar-refractivity contribution in [2.75, 3.05) is 0 Å². The molecule has 0 N–H and O–H groups in total. The molecular formula is C20H34O. The zero-order valence-electron chi connectivity index (χ0n) is 14.8. The van der Waals surface area contributed by atoms with Gasteiger partial charge in [-0.15, -0.1) is 6.58 Å². The zero-order chi connectivity index (χ0) is 15.5. The summed E-state index contributed by atoms with van der Waals surface area (Å²) < 4.78 is 6.68. The summed E-state index contributed by atoms with van der Waals surface area (Å²) >= 11 is 0. The maximum atomic E-state index is 6.68. The molecule has 3 aliphatic rings. The second kappa shape index (κ2) is 4.60. The Hall–Kier alpha value is -0.300. The normalized spacial score (nSPS) is 52.6. The second-order valence-corrected chi connectivity index (χ2v) is 9.46. The van der Waals surface area contributed by atoms with Crippen LogP contribution < -0.4 is 0 Å². The minimum Gasteiger partial charge on any atom is -0.365 e. The lowest BCUT2D eigenvalue weighted by Crippen LogP contribution is -2.62. The molecule has 1 heteroatoms. The van der Waals surface area contributed by atoms with Gasteiger partial charge in [0.25, 0.3) is 0 Å². The molecular weight excluding hydrogens is 256 g/mol.